The molecule has 3 nitrogen and oxygen atoms in total. The quantitative estimate of drug-likeness (QED) is 0.845. The molecule has 1 heterocycles. The van der Waals surface area contributed by atoms with Gasteiger partial charge in [-0.3, -0.25) is 4.79 Å². The normalized spacial score (nSPS) is 18.1. The van der Waals surface area contributed by atoms with Crippen LogP contribution in [0.3, 0.4) is 0 Å². The van der Waals surface area contributed by atoms with Crippen molar-refractivity contribution >= 4 is 16.9 Å². The Morgan fingerprint density at radius 2 is 2.20 bits per heavy atom. The standard InChI is InChI=1S/C17H21NO2/c1-4-20-17(19)14-7-5-6-12-13-9-8-10(2)11(3)15(13)18-16(12)14/h8-9,14,18H,4-7H2,1-3H3. The van der Waals surface area contributed by atoms with Crippen LogP contribution in [0.5, 0.6) is 0 Å². The maximum atomic E-state index is 12.1. The van der Waals surface area contributed by atoms with E-state index in [9.17, 15) is 4.79 Å². The lowest BCUT2D eigenvalue weighted by Crippen LogP contribution is -2.20. The van der Waals surface area contributed by atoms with Gasteiger partial charge in [-0.15, -0.1) is 0 Å². The van der Waals surface area contributed by atoms with Crippen LogP contribution in [0.25, 0.3) is 10.9 Å². The first kappa shape index (κ1) is 13.2. The number of aromatic nitrogens is 1. The minimum absolute atomic E-state index is 0.0885. The van der Waals surface area contributed by atoms with Crippen molar-refractivity contribution in [1.29, 1.82) is 0 Å². The van der Waals surface area contributed by atoms with Crippen molar-refractivity contribution in [1.82, 2.24) is 4.98 Å². The Bertz CT molecular complexity index is 669. The lowest BCUT2D eigenvalue weighted by Gasteiger charge is -2.20. The summed E-state index contributed by atoms with van der Waals surface area (Å²) in [6.07, 6.45) is 2.99. The number of carbonyl (C=O) groups is 1. The summed E-state index contributed by atoms with van der Waals surface area (Å²) in [5, 5.41) is 1.28. The van der Waals surface area contributed by atoms with Crippen LogP contribution in [-0.2, 0) is 16.0 Å². The van der Waals surface area contributed by atoms with Crippen LogP contribution in [0, 0.1) is 13.8 Å². The molecule has 1 aliphatic rings. The van der Waals surface area contributed by atoms with Gasteiger partial charge in [0, 0.05) is 16.6 Å². The van der Waals surface area contributed by atoms with E-state index in [0.29, 0.717) is 6.61 Å². The molecule has 3 heteroatoms. The van der Waals surface area contributed by atoms with Crippen LogP contribution in [-0.4, -0.2) is 17.6 Å². The summed E-state index contributed by atoms with van der Waals surface area (Å²) >= 11 is 0. The predicted octanol–water partition coefficient (Wildman–Crippen LogP) is 3.77. The smallest absolute Gasteiger partial charge is 0.314 e. The number of aromatic amines is 1. The van der Waals surface area contributed by atoms with E-state index in [2.05, 4.69) is 31.0 Å². The number of ether oxygens (including phenoxy) is 1. The van der Waals surface area contributed by atoms with Gasteiger partial charge in [-0.1, -0.05) is 12.1 Å². The van der Waals surface area contributed by atoms with Crippen molar-refractivity contribution in [2.75, 3.05) is 6.61 Å². The zero-order valence-electron chi connectivity index (χ0n) is 12.4. The van der Waals surface area contributed by atoms with E-state index in [4.69, 9.17) is 4.74 Å². The largest absolute Gasteiger partial charge is 0.465 e. The first-order chi connectivity index (χ1) is 9.63. The second-order valence-corrected chi connectivity index (χ2v) is 5.64. The lowest BCUT2D eigenvalue weighted by molar-refractivity contribution is -0.145. The van der Waals surface area contributed by atoms with Gasteiger partial charge in [0.05, 0.1) is 12.5 Å². The van der Waals surface area contributed by atoms with Crippen molar-refractivity contribution in [3.05, 3.63) is 34.5 Å². The third-order valence-corrected chi connectivity index (χ3v) is 4.48. The van der Waals surface area contributed by atoms with Gasteiger partial charge < -0.3 is 9.72 Å². The molecule has 0 saturated carbocycles. The van der Waals surface area contributed by atoms with E-state index < -0.39 is 0 Å². The average molecular weight is 271 g/mol. The molecule has 0 spiro atoms. The van der Waals surface area contributed by atoms with Crippen LogP contribution < -0.4 is 0 Å². The molecule has 1 aromatic carbocycles. The van der Waals surface area contributed by atoms with Crippen molar-refractivity contribution in [3.63, 3.8) is 0 Å². The molecule has 1 aliphatic carbocycles. The summed E-state index contributed by atoms with van der Waals surface area (Å²) in [6.45, 7) is 6.57. The topological polar surface area (TPSA) is 42.1 Å². The van der Waals surface area contributed by atoms with Crippen molar-refractivity contribution in [2.24, 2.45) is 0 Å². The van der Waals surface area contributed by atoms with Gasteiger partial charge in [-0.2, -0.15) is 0 Å². The summed E-state index contributed by atoms with van der Waals surface area (Å²) in [5.41, 5.74) is 6.14. The lowest BCUT2D eigenvalue weighted by atomic mass is 9.86. The Morgan fingerprint density at radius 3 is 2.95 bits per heavy atom. The minimum atomic E-state index is -0.120. The zero-order valence-corrected chi connectivity index (χ0v) is 12.4. The number of carbonyl (C=O) groups excluding carboxylic acids is 1. The fourth-order valence-corrected chi connectivity index (χ4v) is 3.26. The number of hydrogen-bond donors (Lipinski definition) is 1. The minimum Gasteiger partial charge on any atom is -0.465 e. The number of esters is 1. The molecular weight excluding hydrogens is 250 g/mol. The van der Waals surface area contributed by atoms with Crippen molar-refractivity contribution < 1.29 is 9.53 Å². The highest BCUT2D eigenvalue weighted by Crippen LogP contribution is 2.38. The Balaban J connectivity index is 2.15. The maximum Gasteiger partial charge on any atom is 0.314 e. The molecule has 1 aromatic heterocycles. The Labute approximate surface area is 119 Å². The van der Waals surface area contributed by atoms with Gasteiger partial charge in [0.1, 0.15) is 0 Å². The Hall–Kier alpha value is -1.77. The first-order valence-corrected chi connectivity index (χ1v) is 7.40. The zero-order chi connectivity index (χ0) is 14.3. The summed E-state index contributed by atoms with van der Waals surface area (Å²) in [4.78, 5) is 15.7. The second-order valence-electron chi connectivity index (χ2n) is 5.64. The average Bonchev–Trinajstić information content (AvgIpc) is 2.82. The van der Waals surface area contributed by atoms with Gasteiger partial charge >= 0.3 is 5.97 Å². The molecule has 0 radical (unpaired) electrons. The van der Waals surface area contributed by atoms with E-state index in [1.54, 1.807) is 0 Å². The molecule has 2 aromatic rings. The number of benzene rings is 1. The van der Waals surface area contributed by atoms with E-state index in [0.717, 1.165) is 25.0 Å². The summed E-state index contributed by atoms with van der Waals surface area (Å²) in [7, 11) is 0. The number of rotatable bonds is 2. The SMILES string of the molecule is CCOC(=O)C1CCCc2c1[nH]c1c(C)c(C)ccc21. The van der Waals surface area contributed by atoms with Gasteiger partial charge in [-0.25, -0.2) is 0 Å². The number of hydrogen-bond acceptors (Lipinski definition) is 2. The summed E-state index contributed by atoms with van der Waals surface area (Å²) < 4.78 is 5.23. The van der Waals surface area contributed by atoms with Gasteiger partial charge in [0.25, 0.3) is 0 Å². The number of fused-ring (bicyclic) bond motifs is 3. The number of H-pyrrole nitrogens is 1. The van der Waals surface area contributed by atoms with Crippen LogP contribution in [0.1, 0.15) is 48.1 Å². The Kier molecular flexibility index (Phi) is 3.28. The molecule has 1 N–H and O–H groups in total. The molecule has 1 unspecified atom stereocenters. The van der Waals surface area contributed by atoms with Gasteiger partial charge in [-0.05, 0) is 56.7 Å². The summed E-state index contributed by atoms with van der Waals surface area (Å²) in [6, 6.07) is 4.35. The molecule has 0 aliphatic heterocycles. The molecule has 1 atom stereocenters. The van der Waals surface area contributed by atoms with Crippen LogP contribution in [0.4, 0.5) is 0 Å². The second kappa shape index (κ2) is 4.97. The fraction of sp³-hybridized carbons (Fsp3) is 0.471. The van der Waals surface area contributed by atoms with Gasteiger partial charge in [0.2, 0.25) is 0 Å². The molecule has 0 saturated heterocycles. The highest BCUT2D eigenvalue weighted by Gasteiger charge is 2.30. The molecule has 0 amide bonds. The fourth-order valence-electron chi connectivity index (χ4n) is 3.26. The van der Waals surface area contributed by atoms with Crippen LogP contribution in [0.15, 0.2) is 12.1 Å². The van der Waals surface area contributed by atoms with Crippen molar-refractivity contribution in [2.45, 2.75) is 46.0 Å². The van der Waals surface area contributed by atoms with Crippen LogP contribution >= 0.6 is 0 Å². The number of aryl methyl sites for hydroxylation is 3. The maximum absolute atomic E-state index is 12.1. The monoisotopic (exact) mass is 271 g/mol. The van der Waals surface area contributed by atoms with Crippen molar-refractivity contribution in [3.8, 4) is 0 Å². The highest BCUT2D eigenvalue weighted by atomic mass is 16.5. The molecule has 3 rings (SSSR count). The number of nitrogens with one attached hydrogen (secondary N) is 1. The van der Waals surface area contributed by atoms with E-state index in [1.807, 2.05) is 6.92 Å². The van der Waals surface area contributed by atoms with E-state index in [1.165, 1.54) is 27.6 Å². The van der Waals surface area contributed by atoms with E-state index >= 15 is 0 Å². The molecule has 20 heavy (non-hydrogen) atoms. The third-order valence-electron chi connectivity index (χ3n) is 4.48. The third kappa shape index (κ3) is 1.92. The summed E-state index contributed by atoms with van der Waals surface area (Å²) in [5.74, 6) is -0.208. The molecule has 0 fully saturated rings. The highest BCUT2D eigenvalue weighted by molar-refractivity contribution is 5.91. The van der Waals surface area contributed by atoms with Gasteiger partial charge in [0.15, 0.2) is 0 Å². The molecule has 106 valence electrons. The van der Waals surface area contributed by atoms with Crippen LogP contribution in [0.2, 0.25) is 0 Å². The molecule has 0 bridgehead atoms. The van der Waals surface area contributed by atoms with E-state index in [-0.39, 0.29) is 11.9 Å². The Morgan fingerprint density at radius 1 is 1.40 bits per heavy atom. The first-order valence-electron chi connectivity index (χ1n) is 7.40. The predicted molar refractivity (Wildman–Crippen MR) is 80.1 cm³/mol. The molecular formula is C17H21NO2.